The van der Waals surface area contributed by atoms with Gasteiger partial charge in [0.05, 0.1) is 0 Å². The van der Waals surface area contributed by atoms with Gasteiger partial charge >= 0.3 is 12.0 Å². The molecule has 2 amide bonds. The molecule has 0 aromatic rings. The van der Waals surface area contributed by atoms with Crippen molar-refractivity contribution in [2.45, 2.75) is 45.2 Å². The molecule has 2 N–H and O–H groups in total. The summed E-state index contributed by atoms with van der Waals surface area (Å²) in [6.45, 7) is 4.52. The normalized spacial score (nSPS) is 24.9. The van der Waals surface area contributed by atoms with Gasteiger partial charge in [0, 0.05) is 12.6 Å². The first-order valence-corrected chi connectivity index (χ1v) is 8.14. The zero-order valence-electron chi connectivity index (χ0n) is 11.9. The lowest BCUT2D eigenvalue weighted by Gasteiger charge is -2.36. The van der Waals surface area contributed by atoms with E-state index < -0.39 is 12.0 Å². The van der Waals surface area contributed by atoms with Crippen LogP contribution >= 0.6 is 11.8 Å². The Balaban J connectivity index is 2.56. The van der Waals surface area contributed by atoms with E-state index in [2.05, 4.69) is 5.32 Å². The second-order valence-corrected chi connectivity index (χ2v) is 6.29. The van der Waals surface area contributed by atoms with Crippen LogP contribution in [0, 0.1) is 5.92 Å². The van der Waals surface area contributed by atoms with Gasteiger partial charge in [-0.3, -0.25) is 0 Å². The number of piperidine rings is 1. The van der Waals surface area contributed by atoms with Gasteiger partial charge in [0.25, 0.3) is 0 Å². The summed E-state index contributed by atoms with van der Waals surface area (Å²) in [7, 11) is 0. The molecule has 0 aliphatic carbocycles. The maximum atomic E-state index is 12.1. The quantitative estimate of drug-likeness (QED) is 0.812. The average molecular weight is 288 g/mol. The molecule has 0 aromatic heterocycles. The number of hydrogen-bond donors (Lipinski definition) is 2. The number of nitrogens with one attached hydrogen (secondary N) is 1. The van der Waals surface area contributed by atoms with E-state index in [1.54, 1.807) is 11.8 Å². The summed E-state index contributed by atoms with van der Waals surface area (Å²) in [5.41, 5.74) is 0. The van der Waals surface area contributed by atoms with Crippen LogP contribution in [0.25, 0.3) is 0 Å². The molecule has 1 aliphatic heterocycles. The molecule has 1 saturated heterocycles. The molecule has 1 rings (SSSR count). The molecule has 0 spiro atoms. The highest BCUT2D eigenvalue weighted by Crippen LogP contribution is 2.22. The van der Waals surface area contributed by atoms with E-state index in [4.69, 9.17) is 0 Å². The Bertz CT molecular complexity index is 325. The third-order valence-electron chi connectivity index (χ3n) is 3.54. The monoisotopic (exact) mass is 288 g/mol. The molecular weight excluding hydrogens is 264 g/mol. The van der Waals surface area contributed by atoms with Gasteiger partial charge < -0.3 is 15.3 Å². The van der Waals surface area contributed by atoms with Gasteiger partial charge in [0.15, 0.2) is 0 Å². The Morgan fingerprint density at radius 1 is 1.53 bits per heavy atom. The second kappa shape index (κ2) is 7.62. The Kier molecular flexibility index (Phi) is 6.48. The lowest BCUT2D eigenvalue weighted by atomic mass is 9.93. The summed E-state index contributed by atoms with van der Waals surface area (Å²) in [5.74, 6) is 0.443. The van der Waals surface area contributed by atoms with Crippen LogP contribution in [0.15, 0.2) is 0 Å². The van der Waals surface area contributed by atoms with Crippen molar-refractivity contribution in [2.24, 2.45) is 5.92 Å². The molecule has 3 atom stereocenters. The number of amides is 2. The highest BCUT2D eigenvalue weighted by molar-refractivity contribution is 7.98. The van der Waals surface area contributed by atoms with E-state index in [1.165, 1.54) is 4.90 Å². The number of rotatable bonds is 5. The molecule has 0 saturated carbocycles. The topological polar surface area (TPSA) is 69.6 Å². The number of carbonyl (C=O) groups excluding carboxylic acids is 1. The second-order valence-electron chi connectivity index (χ2n) is 5.31. The summed E-state index contributed by atoms with van der Waals surface area (Å²) in [6, 6.07) is -0.849. The van der Waals surface area contributed by atoms with Crippen LogP contribution in [0.5, 0.6) is 0 Å². The summed E-state index contributed by atoms with van der Waals surface area (Å²) in [4.78, 5) is 24.9. The van der Waals surface area contributed by atoms with E-state index in [-0.39, 0.29) is 12.1 Å². The molecule has 0 aromatic carbocycles. The first-order valence-electron chi connectivity index (χ1n) is 6.74. The summed E-state index contributed by atoms with van der Waals surface area (Å²) in [5, 5.41) is 12.1. The van der Waals surface area contributed by atoms with Crippen LogP contribution in [-0.4, -0.2) is 52.6 Å². The molecule has 1 fully saturated rings. The van der Waals surface area contributed by atoms with Crippen molar-refractivity contribution in [2.75, 3.05) is 18.6 Å². The number of likely N-dealkylation sites (tertiary alicyclic amines) is 1. The number of hydrogen-bond acceptors (Lipinski definition) is 3. The van der Waals surface area contributed by atoms with E-state index >= 15 is 0 Å². The van der Waals surface area contributed by atoms with E-state index in [1.807, 2.05) is 20.1 Å². The zero-order chi connectivity index (χ0) is 14.4. The van der Waals surface area contributed by atoms with Crippen molar-refractivity contribution < 1.29 is 14.7 Å². The molecule has 6 heteroatoms. The number of aliphatic carboxylic acids is 1. The maximum Gasteiger partial charge on any atom is 0.326 e. The highest BCUT2D eigenvalue weighted by Gasteiger charge is 2.34. The standard InChI is InChI=1S/C13H24N2O3S/c1-9-4-6-15(11(8-9)12(16)17)13(18)14-10(2)5-7-19-3/h9-11H,4-8H2,1-3H3,(H,14,18)(H,16,17). The van der Waals surface area contributed by atoms with Crippen LogP contribution in [0.3, 0.4) is 0 Å². The summed E-state index contributed by atoms with van der Waals surface area (Å²) >= 11 is 1.74. The number of carboxylic acids is 1. The van der Waals surface area contributed by atoms with Gasteiger partial charge in [-0.05, 0) is 44.1 Å². The molecule has 0 radical (unpaired) electrons. The molecule has 1 heterocycles. The van der Waals surface area contributed by atoms with Gasteiger partial charge in [0.1, 0.15) is 6.04 Å². The van der Waals surface area contributed by atoms with Crippen molar-refractivity contribution in [3.05, 3.63) is 0 Å². The minimum absolute atomic E-state index is 0.0775. The van der Waals surface area contributed by atoms with E-state index in [9.17, 15) is 14.7 Å². The molecule has 19 heavy (non-hydrogen) atoms. The third-order valence-corrected chi connectivity index (χ3v) is 4.18. The van der Waals surface area contributed by atoms with Crippen molar-refractivity contribution in [3.63, 3.8) is 0 Å². The lowest BCUT2D eigenvalue weighted by molar-refractivity contribution is -0.143. The highest BCUT2D eigenvalue weighted by atomic mass is 32.2. The fourth-order valence-electron chi connectivity index (χ4n) is 2.28. The predicted octanol–water partition coefficient (Wildman–Crippen LogP) is 2.02. The Morgan fingerprint density at radius 2 is 2.21 bits per heavy atom. The molecule has 0 bridgehead atoms. The molecule has 3 unspecified atom stereocenters. The van der Waals surface area contributed by atoms with Gasteiger partial charge in [-0.1, -0.05) is 6.92 Å². The Labute approximate surface area is 119 Å². The maximum absolute atomic E-state index is 12.1. The average Bonchev–Trinajstić information content (AvgIpc) is 2.35. The van der Waals surface area contributed by atoms with Gasteiger partial charge in [-0.15, -0.1) is 0 Å². The van der Waals surface area contributed by atoms with E-state index in [0.29, 0.717) is 18.9 Å². The number of urea groups is 1. The first kappa shape index (κ1) is 16.1. The van der Waals surface area contributed by atoms with Crippen LogP contribution in [0.2, 0.25) is 0 Å². The van der Waals surface area contributed by atoms with Gasteiger partial charge in [-0.2, -0.15) is 11.8 Å². The number of carboxylic acid groups (broad SMARTS) is 1. The first-order chi connectivity index (χ1) is 8.95. The van der Waals surface area contributed by atoms with Crippen LogP contribution in [0.4, 0.5) is 4.79 Å². The number of nitrogens with zero attached hydrogens (tertiary/aromatic N) is 1. The van der Waals surface area contributed by atoms with Gasteiger partial charge in [0.2, 0.25) is 0 Å². The van der Waals surface area contributed by atoms with Crippen LogP contribution in [0.1, 0.15) is 33.1 Å². The number of thioether (sulfide) groups is 1. The van der Waals surface area contributed by atoms with Crippen LogP contribution < -0.4 is 5.32 Å². The molecular formula is C13H24N2O3S. The van der Waals surface area contributed by atoms with Crippen molar-refractivity contribution in [1.29, 1.82) is 0 Å². The van der Waals surface area contributed by atoms with Crippen molar-refractivity contribution in [1.82, 2.24) is 10.2 Å². The van der Waals surface area contributed by atoms with Gasteiger partial charge in [-0.25, -0.2) is 9.59 Å². The fourth-order valence-corrected chi connectivity index (χ4v) is 2.87. The smallest absolute Gasteiger partial charge is 0.326 e. The van der Waals surface area contributed by atoms with Crippen molar-refractivity contribution in [3.8, 4) is 0 Å². The Hall–Kier alpha value is -0.910. The molecule has 5 nitrogen and oxygen atoms in total. The summed E-state index contributed by atoms with van der Waals surface area (Å²) < 4.78 is 0. The predicted molar refractivity (Wildman–Crippen MR) is 77.5 cm³/mol. The molecule has 110 valence electrons. The summed E-state index contributed by atoms with van der Waals surface area (Å²) in [6.07, 6.45) is 4.34. The minimum atomic E-state index is -0.904. The fraction of sp³-hybridized carbons (Fsp3) is 0.846. The number of carbonyl (C=O) groups is 2. The minimum Gasteiger partial charge on any atom is -0.480 e. The van der Waals surface area contributed by atoms with Crippen LogP contribution in [-0.2, 0) is 4.79 Å². The van der Waals surface area contributed by atoms with Crippen molar-refractivity contribution >= 4 is 23.8 Å². The van der Waals surface area contributed by atoms with E-state index in [0.717, 1.165) is 18.6 Å². The molecule has 1 aliphatic rings. The lowest BCUT2D eigenvalue weighted by Crippen LogP contribution is -2.54. The largest absolute Gasteiger partial charge is 0.480 e. The third kappa shape index (κ3) is 4.93. The SMILES string of the molecule is CSCCC(C)NC(=O)N1CCC(C)CC1C(=O)O. The zero-order valence-corrected chi connectivity index (χ0v) is 12.7. The Morgan fingerprint density at radius 3 is 2.79 bits per heavy atom.